The molecule has 1 atom stereocenters. The van der Waals surface area contributed by atoms with Crippen LogP contribution in [0.25, 0.3) is 0 Å². The van der Waals surface area contributed by atoms with Gasteiger partial charge in [0.15, 0.2) is 29.1 Å². The highest BCUT2D eigenvalue weighted by Gasteiger charge is 2.24. The maximum absolute atomic E-state index is 13.6. The van der Waals surface area contributed by atoms with Gasteiger partial charge in [-0.15, -0.1) is 0 Å². The highest BCUT2D eigenvalue weighted by molar-refractivity contribution is 9.10. The highest BCUT2D eigenvalue weighted by Crippen LogP contribution is 2.33. The summed E-state index contributed by atoms with van der Waals surface area (Å²) in [4.78, 5) is 0. The van der Waals surface area contributed by atoms with Crippen molar-refractivity contribution in [1.29, 1.82) is 0 Å². The predicted molar refractivity (Wildman–Crippen MR) is 64.4 cm³/mol. The van der Waals surface area contributed by atoms with Gasteiger partial charge in [0.05, 0.1) is 4.47 Å². The van der Waals surface area contributed by atoms with Crippen molar-refractivity contribution in [2.75, 3.05) is 0 Å². The molecule has 0 spiro atoms. The van der Waals surface area contributed by atoms with E-state index in [9.17, 15) is 27.1 Å². The van der Waals surface area contributed by atoms with Gasteiger partial charge in [-0.1, -0.05) is 12.1 Å². The third-order valence-electron chi connectivity index (χ3n) is 2.72. The van der Waals surface area contributed by atoms with Crippen LogP contribution in [0.5, 0.6) is 0 Å². The number of aliphatic hydroxyl groups is 1. The largest absolute Gasteiger partial charge is 0.384 e. The molecule has 0 saturated carbocycles. The second-order valence-electron chi connectivity index (χ2n) is 3.93. The molecule has 0 saturated heterocycles. The summed E-state index contributed by atoms with van der Waals surface area (Å²) >= 11 is 2.72. The Bertz CT molecular complexity index is 617. The first-order valence-corrected chi connectivity index (χ1v) is 6.08. The molecule has 0 aliphatic carbocycles. The third-order valence-corrected chi connectivity index (χ3v) is 3.53. The molecule has 2 aromatic carbocycles. The Morgan fingerprint density at radius 3 is 1.85 bits per heavy atom. The molecular formula is C13H6BrF5O. The molecule has 1 nitrogen and oxygen atoms in total. The maximum Gasteiger partial charge on any atom is 0.194 e. The number of benzene rings is 2. The number of rotatable bonds is 2. The summed E-state index contributed by atoms with van der Waals surface area (Å²) in [6.07, 6.45) is -1.78. The molecule has 1 unspecified atom stereocenters. The van der Waals surface area contributed by atoms with E-state index in [1.54, 1.807) is 0 Å². The Morgan fingerprint density at radius 2 is 1.25 bits per heavy atom. The number of hydrogen-bond acceptors (Lipinski definition) is 1. The van der Waals surface area contributed by atoms with Crippen molar-refractivity contribution >= 4 is 15.9 Å². The van der Waals surface area contributed by atoms with Gasteiger partial charge in [-0.05, 0) is 28.1 Å². The zero-order valence-electron chi connectivity index (χ0n) is 9.60. The molecule has 7 heteroatoms. The van der Waals surface area contributed by atoms with Crippen molar-refractivity contribution in [3.8, 4) is 0 Å². The van der Waals surface area contributed by atoms with E-state index in [1.807, 2.05) is 0 Å². The average Bonchev–Trinajstić information content (AvgIpc) is 2.42. The molecule has 1 N–H and O–H groups in total. The minimum Gasteiger partial charge on any atom is -0.384 e. The Hall–Kier alpha value is -1.47. The molecular weight excluding hydrogens is 347 g/mol. The van der Waals surface area contributed by atoms with E-state index in [0.29, 0.717) is 6.07 Å². The van der Waals surface area contributed by atoms with Gasteiger partial charge in [-0.25, -0.2) is 22.0 Å². The summed E-state index contributed by atoms with van der Waals surface area (Å²) in [5.41, 5.74) is -0.801. The molecule has 0 aliphatic rings. The fraction of sp³-hybridized carbons (Fsp3) is 0.0769. The van der Waals surface area contributed by atoms with Crippen LogP contribution in [-0.2, 0) is 0 Å². The normalized spacial score (nSPS) is 12.6. The second-order valence-corrected chi connectivity index (χ2v) is 4.72. The highest BCUT2D eigenvalue weighted by atomic mass is 79.9. The molecule has 0 bridgehead atoms. The van der Waals surface area contributed by atoms with Crippen molar-refractivity contribution in [2.24, 2.45) is 0 Å². The van der Waals surface area contributed by atoms with Crippen LogP contribution in [0.3, 0.4) is 0 Å². The minimum absolute atomic E-state index is 0.214. The molecule has 0 radical (unpaired) electrons. The van der Waals surface area contributed by atoms with Crippen molar-refractivity contribution in [2.45, 2.75) is 6.10 Å². The van der Waals surface area contributed by atoms with Crippen molar-refractivity contribution in [1.82, 2.24) is 0 Å². The Balaban J connectivity index is 2.55. The molecule has 0 heterocycles. The molecule has 0 amide bonds. The van der Waals surface area contributed by atoms with Gasteiger partial charge >= 0.3 is 0 Å². The fourth-order valence-electron chi connectivity index (χ4n) is 1.67. The summed E-state index contributed by atoms with van der Waals surface area (Å²) in [7, 11) is 0. The quantitative estimate of drug-likeness (QED) is 0.633. The maximum atomic E-state index is 13.6. The molecule has 0 fully saturated rings. The fourth-order valence-corrected chi connectivity index (χ4v) is 2.21. The molecule has 106 valence electrons. The second kappa shape index (κ2) is 5.49. The van der Waals surface area contributed by atoms with Crippen LogP contribution >= 0.6 is 15.9 Å². The van der Waals surface area contributed by atoms with Gasteiger partial charge < -0.3 is 5.11 Å². The zero-order chi connectivity index (χ0) is 15.0. The summed E-state index contributed by atoms with van der Waals surface area (Å²) in [6, 6.07) is 3.20. The smallest absolute Gasteiger partial charge is 0.194 e. The van der Waals surface area contributed by atoms with E-state index in [-0.39, 0.29) is 5.56 Å². The summed E-state index contributed by atoms with van der Waals surface area (Å²) < 4.78 is 65.3. The van der Waals surface area contributed by atoms with E-state index in [4.69, 9.17) is 0 Å². The summed E-state index contributed by atoms with van der Waals surface area (Å²) in [6.45, 7) is 0. The topological polar surface area (TPSA) is 20.2 Å². The minimum atomic E-state index is -1.78. The van der Waals surface area contributed by atoms with Crippen molar-refractivity contribution in [3.63, 3.8) is 0 Å². The van der Waals surface area contributed by atoms with Crippen LogP contribution < -0.4 is 0 Å². The van der Waals surface area contributed by atoms with E-state index in [1.165, 1.54) is 0 Å². The van der Waals surface area contributed by atoms with Gasteiger partial charge in [-0.2, -0.15) is 0 Å². The van der Waals surface area contributed by atoms with E-state index in [2.05, 4.69) is 15.9 Å². The third kappa shape index (κ3) is 2.43. The summed E-state index contributed by atoms with van der Waals surface area (Å²) in [5, 5.41) is 9.94. The van der Waals surface area contributed by atoms with Gasteiger partial charge in [0.2, 0.25) is 0 Å². The molecule has 2 aromatic rings. The zero-order valence-corrected chi connectivity index (χ0v) is 11.2. The Morgan fingerprint density at radius 1 is 0.750 bits per heavy atom. The van der Waals surface area contributed by atoms with Crippen molar-refractivity contribution < 1.29 is 27.1 Å². The SMILES string of the molecule is OC(c1ccc(F)c(F)c1F)c1ccc(F)c(F)c1Br. The van der Waals surface area contributed by atoms with Gasteiger partial charge in [0, 0.05) is 11.1 Å². The predicted octanol–water partition coefficient (Wildman–Crippen LogP) is 4.23. The first-order valence-electron chi connectivity index (χ1n) is 5.29. The molecule has 0 aromatic heterocycles. The van der Waals surface area contributed by atoms with E-state index in [0.717, 1.165) is 18.2 Å². The molecule has 20 heavy (non-hydrogen) atoms. The average molecular weight is 353 g/mol. The first-order chi connectivity index (χ1) is 9.34. The standard InChI is InChI=1S/C13H6BrF5O/c14-9-5(1-3-7(15)11(9)18)13(20)6-2-4-8(16)12(19)10(6)17/h1-4,13,20H. The van der Waals surface area contributed by atoms with Gasteiger partial charge in [0.25, 0.3) is 0 Å². The van der Waals surface area contributed by atoms with Crippen LogP contribution in [0, 0.1) is 29.1 Å². The van der Waals surface area contributed by atoms with Crippen LogP contribution in [0.2, 0.25) is 0 Å². The van der Waals surface area contributed by atoms with E-state index < -0.39 is 45.2 Å². The lowest BCUT2D eigenvalue weighted by atomic mass is 10.0. The van der Waals surface area contributed by atoms with Gasteiger partial charge in [-0.3, -0.25) is 0 Å². The molecule has 2 rings (SSSR count). The number of aliphatic hydroxyl groups excluding tert-OH is 1. The monoisotopic (exact) mass is 352 g/mol. The lowest BCUT2D eigenvalue weighted by Gasteiger charge is -2.15. The van der Waals surface area contributed by atoms with Crippen LogP contribution in [0.15, 0.2) is 28.7 Å². The van der Waals surface area contributed by atoms with E-state index >= 15 is 0 Å². The number of hydrogen-bond donors (Lipinski definition) is 1. The molecule has 0 aliphatic heterocycles. The number of halogens is 6. The van der Waals surface area contributed by atoms with Gasteiger partial charge in [0.1, 0.15) is 6.10 Å². The van der Waals surface area contributed by atoms with Crippen LogP contribution in [0.1, 0.15) is 17.2 Å². The van der Waals surface area contributed by atoms with Crippen molar-refractivity contribution in [3.05, 3.63) is 69.0 Å². The summed E-state index contributed by atoms with van der Waals surface area (Å²) in [5.74, 6) is -7.19. The Kier molecular flexibility index (Phi) is 4.10. The van der Waals surface area contributed by atoms with Crippen LogP contribution in [-0.4, -0.2) is 5.11 Å². The lowest BCUT2D eigenvalue weighted by Crippen LogP contribution is -2.07. The van der Waals surface area contributed by atoms with Crippen LogP contribution in [0.4, 0.5) is 22.0 Å². The lowest BCUT2D eigenvalue weighted by molar-refractivity contribution is 0.211. The Labute approximate surface area is 118 Å². The first kappa shape index (κ1) is 14.9.